The SMILES string of the molecule is CC(C)(C)OC(=O)C(C)(C)C[Si](C)(C)ON1CCC[C@@H]1C#CCN1C(=O)CCC1O. The summed E-state index contributed by atoms with van der Waals surface area (Å²) in [5, 5.41) is 11.8. The van der Waals surface area contributed by atoms with Crippen LogP contribution in [0.2, 0.25) is 19.1 Å². The van der Waals surface area contributed by atoms with Gasteiger partial charge < -0.3 is 19.3 Å². The van der Waals surface area contributed by atoms with Crippen LogP contribution in [0.25, 0.3) is 0 Å². The number of carbonyl (C=O) groups is 2. The van der Waals surface area contributed by atoms with Crippen LogP contribution in [0, 0.1) is 17.3 Å². The standard InChI is InChI=1S/C22H38N2O5Si/c1-21(2,3)28-20(27)22(4,5)16-30(6,7)29-24-15-9-11-17(24)10-8-14-23-18(25)12-13-19(23)26/h17-18,25H,9,11-16H2,1-7H3/t17-,18?/m0/s1. The molecule has 2 rings (SSSR count). The zero-order valence-electron chi connectivity index (χ0n) is 19.6. The largest absolute Gasteiger partial charge is 0.460 e. The summed E-state index contributed by atoms with van der Waals surface area (Å²) in [6, 6.07) is 0.608. The monoisotopic (exact) mass is 438 g/mol. The Labute approximate surface area is 182 Å². The Kier molecular flexibility index (Phi) is 7.78. The van der Waals surface area contributed by atoms with Crippen LogP contribution in [0.5, 0.6) is 0 Å². The minimum absolute atomic E-state index is 0.0312. The number of hydrogen-bond acceptors (Lipinski definition) is 6. The number of carbonyl (C=O) groups excluding carboxylic acids is 2. The predicted octanol–water partition coefficient (Wildman–Crippen LogP) is 2.90. The Hall–Kier alpha value is -1.40. The van der Waals surface area contributed by atoms with Gasteiger partial charge in [0, 0.05) is 19.4 Å². The summed E-state index contributed by atoms with van der Waals surface area (Å²) in [5.74, 6) is 6.02. The molecular formula is C22H38N2O5Si. The molecule has 2 saturated heterocycles. The Morgan fingerprint density at radius 2 is 1.90 bits per heavy atom. The fourth-order valence-corrected chi connectivity index (χ4v) is 7.25. The number of aliphatic hydroxyl groups excluding tert-OH is 1. The lowest BCUT2D eigenvalue weighted by atomic mass is 9.96. The molecule has 2 fully saturated rings. The van der Waals surface area contributed by atoms with Gasteiger partial charge in [0.2, 0.25) is 14.2 Å². The molecule has 0 spiro atoms. The molecule has 0 aromatic carbocycles. The van der Waals surface area contributed by atoms with Gasteiger partial charge in [-0.1, -0.05) is 11.8 Å². The number of hydrogen-bond donors (Lipinski definition) is 1. The van der Waals surface area contributed by atoms with E-state index in [9.17, 15) is 14.7 Å². The Morgan fingerprint density at radius 1 is 1.23 bits per heavy atom. The van der Waals surface area contributed by atoms with Crippen molar-refractivity contribution in [3.8, 4) is 11.8 Å². The summed E-state index contributed by atoms with van der Waals surface area (Å²) in [6.07, 6.45) is 2.04. The molecule has 1 unspecified atom stereocenters. The molecule has 0 aromatic rings. The van der Waals surface area contributed by atoms with Crippen molar-refractivity contribution in [2.75, 3.05) is 13.1 Å². The van der Waals surface area contributed by atoms with Gasteiger partial charge in [-0.3, -0.25) is 9.59 Å². The van der Waals surface area contributed by atoms with Crippen LogP contribution < -0.4 is 0 Å². The van der Waals surface area contributed by atoms with Crippen LogP contribution in [0.15, 0.2) is 0 Å². The fourth-order valence-electron chi connectivity index (χ4n) is 4.06. The van der Waals surface area contributed by atoms with Gasteiger partial charge in [0.05, 0.1) is 18.0 Å². The zero-order chi connectivity index (χ0) is 22.7. The Bertz CT molecular complexity index is 705. The first-order chi connectivity index (χ1) is 13.7. The maximum Gasteiger partial charge on any atom is 0.311 e. The lowest BCUT2D eigenvalue weighted by Gasteiger charge is -2.36. The number of hydroxylamine groups is 2. The molecule has 2 heterocycles. The first-order valence-electron chi connectivity index (χ1n) is 10.9. The van der Waals surface area contributed by atoms with Crippen molar-refractivity contribution in [3.63, 3.8) is 0 Å². The number of likely N-dealkylation sites (tertiary alicyclic amines) is 1. The summed E-state index contributed by atoms with van der Waals surface area (Å²) >= 11 is 0. The maximum absolute atomic E-state index is 12.6. The van der Waals surface area contributed by atoms with E-state index in [1.165, 1.54) is 4.90 Å². The molecule has 0 aromatic heterocycles. The van der Waals surface area contributed by atoms with Crippen LogP contribution in [0.1, 0.15) is 60.3 Å². The van der Waals surface area contributed by atoms with Crippen LogP contribution in [-0.2, 0) is 18.9 Å². The number of ether oxygens (including phenoxy) is 1. The van der Waals surface area contributed by atoms with E-state index in [0.717, 1.165) is 19.4 Å². The number of nitrogens with zero attached hydrogens (tertiary/aromatic N) is 2. The number of rotatable bonds is 6. The number of aliphatic hydroxyl groups is 1. The molecule has 7 nitrogen and oxygen atoms in total. The molecule has 8 heteroatoms. The summed E-state index contributed by atoms with van der Waals surface area (Å²) < 4.78 is 12.0. The van der Waals surface area contributed by atoms with Crippen molar-refractivity contribution in [2.24, 2.45) is 5.41 Å². The van der Waals surface area contributed by atoms with E-state index in [4.69, 9.17) is 9.26 Å². The summed E-state index contributed by atoms with van der Waals surface area (Å²) in [6.45, 7) is 14.7. The van der Waals surface area contributed by atoms with E-state index in [1.807, 2.05) is 39.7 Å². The predicted molar refractivity (Wildman–Crippen MR) is 117 cm³/mol. The first-order valence-corrected chi connectivity index (χ1v) is 14.0. The van der Waals surface area contributed by atoms with Crippen molar-refractivity contribution in [3.05, 3.63) is 0 Å². The van der Waals surface area contributed by atoms with E-state index >= 15 is 0 Å². The normalized spacial score (nSPS) is 23.5. The lowest BCUT2D eigenvalue weighted by Crippen LogP contribution is -2.47. The van der Waals surface area contributed by atoms with Crippen LogP contribution in [0.4, 0.5) is 0 Å². The van der Waals surface area contributed by atoms with Crippen LogP contribution >= 0.6 is 0 Å². The highest BCUT2D eigenvalue weighted by Gasteiger charge is 2.42. The van der Waals surface area contributed by atoms with Gasteiger partial charge in [0.15, 0.2) is 0 Å². The second-order valence-corrected chi connectivity index (χ2v) is 14.6. The van der Waals surface area contributed by atoms with Gasteiger partial charge in [-0.2, -0.15) is 5.06 Å². The summed E-state index contributed by atoms with van der Waals surface area (Å²) in [5.41, 5.74) is -1.14. The molecule has 0 bridgehead atoms. The molecule has 2 aliphatic heterocycles. The number of esters is 1. The second-order valence-electron chi connectivity index (χ2n) is 10.6. The molecule has 0 saturated carbocycles. The smallest absolute Gasteiger partial charge is 0.311 e. The topological polar surface area (TPSA) is 79.3 Å². The Balaban J connectivity index is 1.95. The van der Waals surface area contributed by atoms with E-state index in [0.29, 0.717) is 18.9 Å². The third kappa shape index (κ3) is 7.08. The molecule has 30 heavy (non-hydrogen) atoms. The minimum Gasteiger partial charge on any atom is -0.460 e. The maximum atomic E-state index is 12.6. The third-order valence-electron chi connectivity index (χ3n) is 5.20. The van der Waals surface area contributed by atoms with Crippen LogP contribution in [-0.4, -0.2) is 66.2 Å². The molecule has 0 aliphatic carbocycles. The minimum atomic E-state index is -2.22. The second kappa shape index (κ2) is 9.39. The van der Waals surface area contributed by atoms with Gasteiger partial charge in [0.1, 0.15) is 11.8 Å². The van der Waals surface area contributed by atoms with Gasteiger partial charge in [0.25, 0.3) is 0 Å². The van der Waals surface area contributed by atoms with Gasteiger partial charge in [-0.05, 0) is 66.6 Å². The van der Waals surface area contributed by atoms with E-state index in [2.05, 4.69) is 24.9 Å². The first kappa shape index (κ1) is 24.9. The van der Waals surface area contributed by atoms with Crippen LogP contribution in [0.3, 0.4) is 0 Å². The molecule has 1 N–H and O–H groups in total. The molecule has 170 valence electrons. The summed E-state index contributed by atoms with van der Waals surface area (Å²) in [7, 11) is -2.22. The van der Waals surface area contributed by atoms with Gasteiger partial charge >= 0.3 is 5.97 Å². The average molecular weight is 439 g/mol. The van der Waals surface area contributed by atoms with Gasteiger partial charge in [-0.15, -0.1) is 0 Å². The average Bonchev–Trinajstić information content (AvgIpc) is 3.12. The highest BCUT2D eigenvalue weighted by atomic mass is 28.4. The van der Waals surface area contributed by atoms with E-state index in [1.54, 1.807) is 0 Å². The highest BCUT2D eigenvalue weighted by molar-refractivity contribution is 6.71. The highest BCUT2D eigenvalue weighted by Crippen LogP contribution is 2.33. The fraction of sp³-hybridized carbons (Fsp3) is 0.818. The molecule has 2 aliphatic rings. The van der Waals surface area contributed by atoms with E-state index in [-0.39, 0.29) is 24.5 Å². The molecule has 0 radical (unpaired) electrons. The summed E-state index contributed by atoms with van der Waals surface area (Å²) in [4.78, 5) is 25.8. The van der Waals surface area contributed by atoms with Crippen molar-refractivity contribution < 1.29 is 24.0 Å². The zero-order valence-corrected chi connectivity index (χ0v) is 20.6. The lowest BCUT2D eigenvalue weighted by molar-refractivity contribution is -0.165. The van der Waals surface area contributed by atoms with Gasteiger partial charge in [-0.25, -0.2) is 0 Å². The molecule has 1 amide bonds. The molecule has 2 atom stereocenters. The molecular weight excluding hydrogens is 400 g/mol. The van der Waals surface area contributed by atoms with E-state index < -0.39 is 25.6 Å². The van der Waals surface area contributed by atoms with Crippen molar-refractivity contribution in [2.45, 2.75) is 97.3 Å². The third-order valence-corrected chi connectivity index (χ3v) is 7.67. The number of amides is 1. The Morgan fingerprint density at radius 3 is 2.47 bits per heavy atom. The van der Waals surface area contributed by atoms with Crippen molar-refractivity contribution in [1.29, 1.82) is 0 Å². The quantitative estimate of drug-likeness (QED) is 0.390. The van der Waals surface area contributed by atoms with Crippen molar-refractivity contribution in [1.82, 2.24) is 9.96 Å². The van der Waals surface area contributed by atoms with Crippen molar-refractivity contribution >= 4 is 20.2 Å².